The van der Waals surface area contributed by atoms with Crippen LogP contribution in [0.5, 0.6) is 5.88 Å². The number of hydrogen-bond acceptors (Lipinski definition) is 9. The molecule has 36 heavy (non-hydrogen) atoms. The number of likely N-dealkylation sites (tertiary alicyclic amines) is 1. The Bertz CT molecular complexity index is 1130. The number of hydrogen-bond donors (Lipinski definition) is 4. The lowest BCUT2D eigenvalue weighted by atomic mass is 9.88. The minimum Gasteiger partial charge on any atom is -0.479 e. The molecular weight excluding hydrogens is 475 g/mol. The first-order valence-corrected chi connectivity index (χ1v) is 12.6. The maximum absolute atomic E-state index is 12.7. The van der Waals surface area contributed by atoms with Crippen molar-refractivity contribution in [2.75, 3.05) is 26.3 Å². The monoisotopic (exact) mass is 508 g/mol. The van der Waals surface area contributed by atoms with E-state index in [-0.39, 0.29) is 18.5 Å². The van der Waals surface area contributed by atoms with Crippen molar-refractivity contribution in [2.24, 2.45) is 7.05 Å². The highest BCUT2D eigenvalue weighted by Crippen LogP contribution is 2.40. The quantitative estimate of drug-likeness (QED) is 0.410. The van der Waals surface area contributed by atoms with E-state index in [1.807, 2.05) is 0 Å². The van der Waals surface area contributed by atoms with Gasteiger partial charge >= 0.3 is 5.97 Å². The van der Waals surface area contributed by atoms with Crippen molar-refractivity contribution in [1.82, 2.24) is 19.7 Å². The number of carbonyl (C=O) groups is 1. The van der Waals surface area contributed by atoms with Gasteiger partial charge in [-0.15, -0.1) is 0 Å². The van der Waals surface area contributed by atoms with E-state index in [0.717, 1.165) is 67.5 Å². The third-order valence-corrected chi connectivity index (χ3v) is 7.59. The number of fused-ring (bicyclic) bond motifs is 3. The molecule has 0 bridgehead atoms. The van der Waals surface area contributed by atoms with Crippen LogP contribution in [0, 0.1) is 0 Å². The molecule has 1 aliphatic carbocycles. The van der Waals surface area contributed by atoms with Gasteiger partial charge in [0.1, 0.15) is 18.3 Å². The van der Waals surface area contributed by atoms with Crippen molar-refractivity contribution in [1.29, 1.82) is 0 Å². The lowest BCUT2D eigenvalue weighted by Gasteiger charge is -2.38. The second kappa shape index (κ2) is 10.2. The number of nitrogens with zero attached hydrogens (tertiary/aromatic N) is 4. The number of rotatable bonds is 7. The van der Waals surface area contributed by atoms with Gasteiger partial charge in [-0.25, -0.2) is 4.79 Å². The van der Waals surface area contributed by atoms with Crippen molar-refractivity contribution in [2.45, 2.75) is 75.1 Å². The van der Waals surface area contributed by atoms with Gasteiger partial charge in [0.05, 0.1) is 12.4 Å². The summed E-state index contributed by atoms with van der Waals surface area (Å²) >= 11 is 0. The minimum absolute atomic E-state index is 0.208. The Morgan fingerprint density at radius 2 is 1.92 bits per heavy atom. The Hall–Kier alpha value is -2.38. The summed E-state index contributed by atoms with van der Waals surface area (Å²) in [5.74, 6) is -1.05. The summed E-state index contributed by atoms with van der Waals surface area (Å²) < 4.78 is 25.6. The molecule has 4 heterocycles. The Morgan fingerprint density at radius 3 is 2.64 bits per heavy atom. The maximum atomic E-state index is 12.7. The molecule has 2 aromatic rings. The van der Waals surface area contributed by atoms with E-state index in [1.165, 1.54) is 0 Å². The zero-order chi connectivity index (χ0) is 25.6. The molecule has 0 aromatic carbocycles. The molecule has 3 aliphatic rings. The van der Waals surface area contributed by atoms with Gasteiger partial charge in [-0.05, 0) is 50.6 Å². The highest BCUT2D eigenvalue weighted by molar-refractivity contribution is 5.85. The SMILES string of the molecule is Cn1nc(C2CCN(CCCF)C2)c2c3c(c(OC4OC(C(=O)O)C(O)C(O)C4O)nc21)CCCC3. The van der Waals surface area contributed by atoms with Gasteiger partial charge < -0.3 is 34.8 Å². The van der Waals surface area contributed by atoms with Crippen LogP contribution in [0.25, 0.3) is 11.0 Å². The van der Waals surface area contributed by atoms with Crippen LogP contribution in [-0.2, 0) is 29.4 Å². The van der Waals surface area contributed by atoms with Crippen LogP contribution in [0.1, 0.15) is 48.4 Å². The smallest absolute Gasteiger partial charge is 0.335 e. The van der Waals surface area contributed by atoms with Gasteiger partial charge in [0.15, 0.2) is 11.8 Å². The summed E-state index contributed by atoms with van der Waals surface area (Å²) in [6.45, 7) is 2.12. The number of carboxylic acid groups (broad SMARTS) is 1. The predicted octanol–water partition coefficient (Wildman–Crippen LogP) is 0.267. The molecular formula is C24H33FN4O7. The number of aliphatic hydroxyl groups is 3. The average molecular weight is 509 g/mol. The maximum Gasteiger partial charge on any atom is 0.335 e. The molecule has 6 unspecified atom stereocenters. The van der Waals surface area contributed by atoms with Crippen LogP contribution in [0.2, 0.25) is 0 Å². The molecule has 2 aliphatic heterocycles. The van der Waals surface area contributed by atoms with Crippen molar-refractivity contribution in [3.63, 3.8) is 0 Å². The topological polar surface area (TPSA) is 150 Å². The summed E-state index contributed by atoms with van der Waals surface area (Å²) in [7, 11) is 1.81. The van der Waals surface area contributed by atoms with Crippen LogP contribution in [0.15, 0.2) is 0 Å². The number of aromatic nitrogens is 3. The molecule has 0 amide bonds. The Morgan fingerprint density at radius 1 is 1.17 bits per heavy atom. The number of alkyl halides is 1. The molecule has 4 N–H and O–H groups in total. The lowest BCUT2D eigenvalue weighted by molar-refractivity contribution is -0.271. The summed E-state index contributed by atoms with van der Waals surface area (Å²) in [4.78, 5) is 18.5. The molecule has 6 atom stereocenters. The lowest BCUT2D eigenvalue weighted by Crippen LogP contribution is -2.61. The Kier molecular flexibility index (Phi) is 7.14. The Balaban J connectivity index is 1.49. The minimum atomic E-state index is -1.79. The standard InChI is InChI=1S/C24H33FN4O7/c1-28-21-15(16(27-28)12-7-10-29(11-12)9-4-8-25)13-5-2-3-6-14(13)22(26-21)36-24-19(32)17(30)18(31)20(35-24)23(33)34/h12,17-20,24,30-32H,2-11H2,1H3,(H,33,34). The molecule has 5 rings (SSSR count). The molecule has 0 spiro atoms. The van der Waals surface area contributed by atoms with Gasteiger partial charge in [0.2, 0.25) is 12.2 Å². The fourth-order valence-corrected chi connectivity index (χ4v) is 5.72. The van der Waals surface area contributed by atoms with Crippen LogP contribution >= 0.6 is 0 Å². The van der Waals surface area contributed by atoms with Gasteiger partial charge in [0, 0.05) is 37.0 Å². The number of carboxylic acids is 1. The predicted molar refractivity (Wildman–Crippen MR) is 124 cm³/mol. The highest BCUT2D eigenvalue weighted by atomic mass is 19.1. The molecule has 12 heteroatoms. The van der Waals surface area contributed by atoms with E-state index in [2.05, 4.69) is 4.90 Å². The zero-order valence-electron chi connectivity index (χ0n) is 20.2. The molecule has 0 radical (unpaired) electrons. The summed E-state index contributed by atoms with van der Waals surface area (Å²) in [5.41, 5.74) is 3.53. The first-order valence-electron chi connectivity index (χ1n) is 12.6. The van der Waals surface area contributed by atoms with Crippen molar-refractivity contribution >= 4 is 17.0 Å². The van der Waals surface area contributed by atoms with Crippen LogP contribution in [0.3, 0.4) is 0 Å². The average Bonchev–Trinajstić information content (AvgIpc) is 3.47. The molecule has 11 nitrogen and oxygen atoms in total. The van der Waals surface area contributed by atoms with Crippen molar-refractivity contribution in [3.05, 3.63) is 16.8 Å². The second-order valence-electron chi connectivity index (χ2n) is 9.97. The number of aliphatic carboxylic acids is 1. The fraction of sp³-hybridized carbons (Fsp3) is 0.708. The highest BCUT2D eigenvalue weighted by Gasteiger charge is 2.48. The molecule has 2 saturated heterocycles. The van der Waals surface area contributed by atoms with Crippen molar-refractivity contribution in [3.8, 4) is 5.88 Å². The van der Waals surface area contributed by atoms with E-state index in [4.69, 9.17) is 19.6 Å². The largest absolute Gasteiger partial charge is 0.479 e. The summed E-state index contributed by atoms with van der Waals surface area (Å²) in [6, 6.07) is 0. The third kappa shape index (κ3) is 4.45. The summed E-state index contributed by atoms with van der Waals surface area (Å²) in [5, 5.41) is 45.8. The molecule has 2 fully saturated rings. The number of aliphatic hydroxyl groups excluding tert-OH is 3. The van der Waals surface area contributed by atoms with Crippen LogP contribution < -0.4 is 4.74 Å². The van der Waals surface area contributed by atoms with Gasteiger partial charge in [-0.3, -0.25) is 9.07 Å². The van der Waals surface area contributed by atoms with Gasteiger partial charge in [-0.1, -0.05) is 0 Å². The van der Waals surface area contributed by atoms with E-state index in [9.17, 15) is 29.6 Å². The van der Waals surface area contributed by atoms with Crippen LogP contribution in [-0.4, -0.2) is 103 Å². The van der Waals surface area contributed by atoms with Crippen LogP contribution in [0.4, 0.5) is 4.39 Å². The molecule has 2 aromatic heterocycles. The normalized spacial score (nSPS) is 31.0. The first-order chi connectivity index (χ1) is 17.3. The second-order valence-corrected chi connectivity index (χ2v) is 9.97. The van der Waals surface area contributed by atoms with E-state index < -0.39 is 36.7 Å². The van der Waals surface area contributed by atoms with E-state index in [0.29, 0.717) is 18.5 Å². The van der Waals surface area contributed by atoms with E-state index in [1.54, 1.807) is 11.7 Å². The molecule has 0 saturated carbocycles. The van der Waals surface area contributed by atoms with Gasteiger partial charge in [-0.2, -0.15) is 10.1 Å². The number of halogens is 1. The first kappa shape index (κ1) is 25.3. The number of ether oxygens (including phenoxy) is 2. The van der Waals surface area contributed by atoms with E-state index >= 15 is 0 Å². The Labute approximate surface area is 207 Å². The summed E-state index contributed by atoms with van der Waals surface area (Å²) in [6.07, 6.45) is -3.63. The fourth-order valence-electron chi connectivity index (χ4n) is 5.72. The van der Waals surface area contributed by atoms with Crippen molar-refractivity contribution < 1.29 is 39.1 Å². The number of aryl methyl sites for hydroxylation is 2. The number of pyridine rings is 1. The zero-order valence-corrected chi connectivity index (χ0v) is 20.2. The van der Waals surface area contributed by atoms with Gasteiger partial charge in [0.25, 0.3) is 0 Å². The molecule has 198 valence electrons. The third-order valence-electron chi connectivity index (χ3n) is 7.59.